The van der Waals surface area contributed by atoms with Crippen LogP contribution in [0.15, 0.2) is 11.5 Å². The van der Waals surface area contributed by atoms with Gasteiger partial charge in [0.1, 0.15) is 5.78 Å². The summed E-state index contributed by atoms with van der Waals surface area (Å²) in [6.45, 7) is 9.17. The molecule has 2 saturated heterocycles. The van der Waals surface area contributed by atoms with E-state index in [-0.39, 0.29) is 48.2 Å². The van der Waals surface area contributed by atoms with Crippen molar-refractivity contribution in [1.29, 1.82) is 0 Å². The number of carbonyl (C=O) groups excluding carboxylic acids is 2. The molecule has 0 radical (unpaired) electrons. The van der Waals surface area contributed by atoms with Gasteiger partial charge in [-0.1, -0.05) is 33.3 Å². The summed E-state index contributed by atoms with van der Waals surface area (Å²) in [5.74, 6) is 0.891. The van der Waals surface area contributed by atoms with Crippen LogP contribution in [0.1, 0.15) is 76.9 Å². The maximum Gasteiger partial charge on any atom is 0.223 e. The number of thiazole rings is 1. The van der Waals surface area contributed by atoms with Crippen molar-refractivity contribution in [2.24, 2.45) is 17.3 Å². The lowest BCUT2D eigenvalue weighted by Gasteiger charge is -2.35. The molecule has 2 fully saturated rings. The quantitative estimate of drug-likeness (QED) is 0.418. The van der Waals surface area contributed by atoms with Crippen molar-refractivity contribution in [1.82, 2.24) is 10.3 Å². The Morgan fingerprint density at radius 2 is 2.06 bits per heavy atom. The number of epoxide rings is 1. The molecule has 0 aromatic carbocycles. The minimum Gasteiger partial charge on any atom is -0.392 e. The fourth-order valence-corrected chi connectivity index (χ4v) is 5.65. The van der Waals surface area contributed by atoms with Crippen LogP contribution in [0.2, 0.25) is 0 Å². The summed E-state index contributed by atoms with van der Waals surface area (Å²) >= 11 is 1.56. The molecule has 0 spiro atoms. The molecule has 2 aliphatic heterocycles. The average Bonchev–Trinajstić information content (AvgIpc) is 3.24. The third kappa shape index (κ3) is 6.83. The van der Waals surface area contributed by atoms with Crippen molar-refractivity contribution in [2.75, 3.05) is 0 Å². The van der Waals surface area contributed by atoms with Crippen molar-refractivity contribution in [3.05, 3.63) is 22.2 Å². The van der Waals surface area contributed by atoms with E-state index >= 15 is 0 Å². The maximum absolute atomic E-state index is 13.5. The molecule has 1 aromatic heterocycles. The molecule has 0 saturated carbocycles. The molecule has 1 aromatic rings. The van der Waals surface area contributed by atoms with E-state index in [0.717, 1.165) is 30.0 Å². The van der Waals surface area contributed by atoms with Gasteiger partial charge in [0.2, 0.25) is 5.91 Å². The van der Waals surface area contributed by atoms with Gasteiger partial charge in [-0.15, -0.1) is 23.7 Å². The lowest BCUT2D eigenvalue weighted by Crippen LogP contribution is -2.48. The normalized spacial score (nSPS) is 36.2. The summed E-state index contributed by atoms with van der Waals surface area (Å²) in [6.07, 6.45) is 10.0. The molecule has 3 rings (SSSR count). The number of ketones is 1. The van der Waals surface area contributed by atoms with E-state index < -0.39 is 23.5 Å². The van der Waals surface area contributed by atoms with Gasteiger partial charge in [0.25, 0.3) is 0 Å². The van der Waals surface area contributed by atoms with Crippen molar-refractivity contribution >= 4 is 29.1 Å². The number of amides is 1. The Balaban J connectivity index is 1.84. The Morgan fingerprint density at radius 3 is 2.69 bits per heavy atom. The van der Waals surface area contributed by atoms with E-state index in [9.17, 15) is 19.8 Å². The molecule has 198 valence electrons. The Morgan fingerprint density at radius 1 is 1.33 bits per heavy atom. The zero-order valence-electron chi connectivity index (χ0n) is 22.0. The monoisotopic (exact) mass is 516 g/mol. The number of aliphatic hydroxyl groups excluding tert-OH is 2. The Kier molecular flexibility index (Phi) is 9.16. The topological polar surface area (TPSA) is 112 Å². The zero-order chi connectivity index (χ0) is 26.7. The van der Waals surface area contributed by atoms with Crippen molar-refractivity contribution in [3.63, 3.8) is 0 Å². The molecule has 0 bridgehead atoms. The molecular formula is C28H40N2O5S. The summed E-state index contributed by atoms with van der Waals surface area (Å²) < 4.78 is 6.05. The first-order chi connectivity index (χ1) is 16.9. The molecule has 0 aliphatic carbocycles. The standard InChI is InChI=1S/C28H40N2O5S/c1-7-9-21-25(33)17(2)10-8-13-28(6)23(35-28)14-19(11-12-20-16-36-18(3)29-20)30-24(32)15-22(31)27(4,5)26(21)34/h1,11-12,16-17,19,21-23,25,31,33H,8-10,13-15H2,2-6H3,(H,30,32). The van der Waals surface area contributed by atoms with Gasteiger partial charge in [-0.2, -0.15) is 0 Å². The van der Waals surface area contributed by atoms with Gasteiger partial charge in [-0.25, -0.2) is 4.98 Å². The van der Waals surface area contributed by atoms with Crippen molar-refractivity contribution in [2.45, 2.75) is 103 Å². The highest BCUT2D eigenvalue weighted by Gasteiger charge is 2.52. The lowest BCUT2D eigenvalue weighted by molar-refractivity contribution is -0.143. The highest BCUT2D eigenvalue weighted by Crippen LogP contribution is 2.44. The van der Waals surface area contributed by atoms with Crippen LogP contribution in [-0.4, -0.2) is 56.8 Å². The van der Waals surface area contributed by atoms with Gasteiger partial charge in [0.15, 0.2) is 0 Å². The summed E-state index contributed by atoms with van der Waals surface area (Å²) in [7, 11) is 0. The smallest absolute Gasteiger partial charge is 0.223 e. The number of hydrogen-bond donors (Lipinski definition) is 3. The van der Waals surface area contributed by atoms with Crippen LogP contribution < -0.4 is 5.32 Å². The highest BCUT2D eigenvalue weighted by molar-refractivity contribution is 7.09. The molecule has 7 nitrogen and oxygen atoms in total. The summed E-state index contributed by atoms with van der Waals surface area (Å²) in [6, 6.07) is -0.305. The Labute approximate surface area is 218 Å². The lowest BCUT2D eigenvalue weighted by atomic mass is 9.71. The number of fused-ring (bicyclic) bond motifs is 1. The van der Waals surface area contributed by atoms with E-state index in [2.05, 4.69) is 23.1 Å². The summed E-state index contributed by atoms with van der Waals surface area (Å²) in [5.41, 5.74) is -0.707. The van der Waals surface area contributed by atoms with E-state index in [1.807, 2.05) is 31.4 Å². The van der Waals surface area contributed by atoms with Crippen LogP contribution in [0.5, 0.6) is 0 Å². The number of rotatable bonds is 3. The number of terminal acetylenes is 1. The van der Waals surface area contributed by atoms with Crippen LogP contribution in [0.3, 0.4) is 0 Å². The summed E-state index contributed by atoms with van der Waals surface area (Å²) in [5, 5.41) is 27.9. The highest BCUT2D eigenvalue weighted by atomic mass is 32.1. The van der Waals surface area contributed by atoms with Crippen LogP contribution in [0.4, 0.5) is 0 Å². The second kappa shape index (κ2) is 11.6. The number of hydrogen-bond acceptors (Lipinski definition) is 7. The Bertz CT molecular complexity index is 1010. The largest absolute Gasteiger partial charge is 0.392 e. The number of nitrogens with zero attached hydrogens (tertiary/aromatic N) is 1. The van der Waals surface area contributed by atoms with Crippen LogP contribution >= 0.6 is 11.3 Å². The predicted octanol–water partition coefficient (Wildman–Crippen LogP) is 3.66. The third-order valence-electron chi connectivity index (χ3n) is 7.84. The van der Waals surface area contributed by atoms with Gasteiger partial charge in [-0.3, -0.25) is 9.59 Å². The number of ether oxygens (including phenoxy) is 1. The number of aryl methyl sites for hydroxylation is 1. The summed E-state index contributed by atoms with van der Waals surface area (Å²) in [4.78, 5) is 30.9. The van der Waals surface area contributed by atoms with E-state index in [1.54, 1.807) is 25.2 Å². The number of aliphatic hydroxyl groups is 2. The second-order valence-corrected chi connectivity index (χ2v) is 12.2. The number of carbonyl (C=O) groups is 2. The zero-order valence-corrected chi connectivity index (χ0v) is 22.8. The number of Topliss-reactive ketones (excluding diaryl/α,β-unsaturated/α-hetero) is 1. The molecule has 36 heavy (non-hydrogen) atoms. The maximum atomic E-state index is 13.5. The molecule has 1 amide bonds. The van der Waals surface area contributed by atoms with Gasteiger partial charge in [0, 0.05) is 18.2 Å². The predicted molar refractivity (Wildman–Crippen MR) is 141 cm³/mol. The van der Waals surface area contributed by atoms with Crippen molar-refractivity contribution in [3.8, 4) is 12.3 Å². The van der Waals surface area contributed by atoms with Crippen molar-refractivity contribution < 1.29 is 24.5 Å². The fourth-order valence-electron chi connectivity index (χ4n) is 5.07. The third-order valence-corrected chi connectivity index (χ3v) is 8.63. The minimum atomic E-state index is -1.25. The molecule has 3 heterocycles. The molecule has 8 heteroatoms. The SMILES string of the molecule is C#CCC1C(=O)C(C)(C)C(O)CC(=O)NC(C=Cc2csc(C)n2)CC2OC2(C)CCCC(C)C1O. The van der Waals surface area contributed by atoms with Crippen LogP contribution in [-0.2, 0) is 14.3 Å². The molecule has 3 N–H and O–H groups in total. The molecule has 7 atom stereocenters. The van der Waals surface area contributed by atoms with Gasteiger partial charge >= 0.3 is 0 Å². The van der Waals surface area contributed by atoms with Crippen LogP contribution in [0.25, 0.3) is 6.08 Å². The second-order valence-electron chi connectivity index (χ2n) is 11.2. The first kappa shape index (κ1) is 28.5. The first-order valence-electron chi connectivity index (χ1n) is 12.8. The van der Waals surface area contributed by atoms with E-state index in [4.69, 9.17) is 11.2 Å². The number of nitrogens with one attached hydrogen (secondary N) is 1. The minimum absolute atomic E-state index is 0.00473. The fraction of sp³-hybridized carbons (Fsp3) is 0.679. The van der Waals surface area contributed by atoms with Gasteiger partial charge in [0.05, 0.1) is 58.4 Å². The molecular weight excluding hydrogens is 476 g/mol. The van der Waals surface area contributed by atoms with E-state index in [0.29, 0.717) is 6.42 Å². The van der Waals surface area contributed by atoms with Crippen LogP contribution in [0, 0.1) is 36.5 Å². The molecule has 7 unspecified atom stereocenters. The first-order valence-corrected chi connectivity index (χ1v) is 13.7. The van der Waals surface area contributed by atoms with E-state index in [1.165, 1.54) is 0 Å². The molecule has 2 aliphatic rings. The number of aromatic nitrogens is 1. The van der Waals surface area contributed by atoms with Gasteiger partial charge in [-0.05, 0) is 38.7 Å². The Hall–Kier alpha value is -2.05. The van der Waals surface area contributed by atoms with Gasteiger partial charge < -0.3 is 20.3 Å². The average molecular weight is 517 g/mol.